The van der Waals surface area contributed by atoms with Gasteiger partial charge in [0.1, 0.15) is 0 Å². The summed E-state index contributed by atoms with van der Waals surface area (Å²) in [6.07, 6.45) is -0.516. The molecule has 0 aromatic rings. The van der Waals surface area contributed by atoms with Crippen LogP contribution in [-0.4, -0.2) is 44.0 Å². The Morgan fingerprint density at radius 1 is 1.58 bits per heavy atom. The highest BCUT2D eigenvalue weighted by atomic mass is 16.5. The molecule has 0 aliphatic heterocycles. The van der Waals surface area contributed by atoms with Crippen molar-refractivity contribution in [2.75, 3.05) is 26.8 Å². The summed E-state index contributed by atoms with van der Waals surface area (Å²) in [6, 6.07) is -0.284. The summed E-state index contributed by atoms with van der Waals surface area (Å²) in [5, 5.41) is 13.8. The number of nitrogens with one attached hydrogen (secondary N) is 2. The van der Waals surface area contributed by atoms with Gasteiger partial charge in [0.05, 0.1) is 12.7 Å². The van der Waals surface area contributed by atoms with Crippen LogP contribution in [-0.2, 0) is 4.74 Å². The number of hydrogen-bond acceptors (Lipinski definition) is 3. The fourth-order valence-electron chi connectivity index (χ4n) is 0.570. The largest absolute Gasteiger partial charge is 0.392 e. The molecule has 5 nitrogen and oxygen atoms in total. The van der Waals surface area contributed by atoms with Gasteiger partial charge in [-0.15, -0.1) is 0 Å². The quantitative estimate of drug-likeness (QED) is 0.486. The van der Waals surface area contributed by atoms with Crippen LogP contribution in [0.5, 0.6) is 0 Å². The molecule has 0 saturated heterocycles. The molecule has 0 rings (SSSR count). The first-order chi connectivity index (χ1) is 5.66. The summed E-state index contributed by atoms with van der Waals surface area (Å²) in [5.41, 5.74) is 0. The molecule has 3 N–H and O–H groups in total. The first kappa shape index (κ1) is 11.2. The number of aliphatic hydroxyl groups is 1. The molecule has 1 unspecified atom stereocenters. The summed E-state index contributed by atoms with van der Waals surface area (Å²) in [6.45, 7) is 2.83. The van der Waals surface area contributed by atoms with Crippen LogP contribution in [0.25, 0.3) is 0 Å². The van der Waals surface area contributed by atoms with Crippen molar-refractivity contribution in [1.29, 1.82) is 0 Å². The Balaban J connectivity index is 3.22. The lowest BCUT2D eigenvalue weighted by Gasteiger charge is -2.07. The second-order valence-corrected chi connectivity index (χ2v) is 2.48. The van der Waals surface area contributed by atoms with Crippen molar-refractivity contribution < 1.29 is 14.6 Å². The zero-order valence-electron chi connectivity index (χ0n) is 7.46. The third kappa shape index (κ3) is 7.30. The molecule has 0 fully saturated rings. The molecule has 12 heavy (non-hydrogen) atoms. The van der Waals surface area contributed by atoms with Crippen LogP contribution in [0, 0.1) is 0 Å². The maximum Gasteiger partial charge on any atom is 0.314 e. The van der Waals surface area contributed by atoms with E-state index >= 15 is 0 Å². The van der Waals surface area contributed by atoms with E-state index in [1.807, 2.05) is 0 Å². The van der Waals surface area contributed by atoms with Crippen molar-refractivity contribution in [3.63, 3.8) is 0 Å². The minimum absolute atomic E-state index is 0.263. The van der Waals surface area contributed by atoms with Crippen LogP contribution in [0.15, 0.2) is 0 Å². The Labute approximate surface area is 72.1 Å². The Morgan fingerprint density at radius 3 is 2.75 bits per heavy atom. The Hall–Kier alpha value is -0.810. The normalized spacial score (nSPS) is 12.2. The summed E-state index contributed by atoms with van der Waals surface area (Å²) in [4.78, 5) is 10.8. The summed E-state index contributed by atoms with van der Waals surface area (Å²) in [5.74, 6) is 0. The molecule has 0 aliphatic carbocycles. The lowest BCUT2D eigenvalue weighted by atomic mass is 10.4. The predicted molar refractivity (Wildman–Crippen MR) is 45.0 cm³/mol. The van der Waals surface area contributed by atoms with Gasteiger partial charge >= 0.3 is 6.03 Å². The van der Waals surface area contributed by atoms with Crippen molar-refractivity contribution >= 4 is 6.03 Å². The summed E-state index contributed by atoms with van der Waals surface area (Å²) >= 11 is 0. The van der Waals surface area contributed by atoms with E-state index in [0.29, 0.717) is 13.2 Å². The van der Waals surface area contributed by atoms with Gasteiger partial charge in [0, 0.05) is 20.2 Å². The van der Waals surface area contributed by atoms with E-state index in [-0.39, 0.29) is 12.6 Å². The minimum atomic E-state index is -0.516. The van der Waals surface area contributed by atoms with Gasteiger partial charge < -0.3 is 20.5 Å². The Bertz CT molecular complexity index is 128. The predicted octanol–water partition coefficient (Wildman–Crippen LogP) is -0.687. The van der Waals surface area contributed by atoms with Gasteiger partial charge in [-0.3, -0.25) is 0 Å². The van der Waals surface area contributed by atoms with E-state index in [1.165, 1.54) is 0 Å². The van der Waals surface area contributed by atoms with Gasteiger partial charge in [-0.2, -0.15) is 0 Å². The number of ether oxygens (including phenoxy) is 1. The van der Waals surface area contributed by atoms with Gasteiger partial charge in [-0.1, -0.05) is 0 Å². The third-order valence-corrected chi connectivity index (χ3v) is 1.15. The first-order valence-electron chi connectivity index (χ1n) is 3.85. The van der Waals surface area contributed by atoms with Crippen molar-refractivity contribution in [2.45, 2.75) is 13.0 Å². The lowest BCUT2D eigenvalue weighted by molar-refractivity contribution is 0.182. The number of aliphatic hydroxyl groups excluding tert-OH is 1. The van der Waals surface area contributed by atoms with E-state index in [2.05, 4.69) is 10.6 Å². The van der Waals surface area contributed by atoms with Crippen molar-refractivity contribution in [2.24, 2.45) is 0 Å². The van der Waals surface area contributed by atoms with Crippen LogP contribution in [0.4, 0.5) is 4.79 Å². The minimum Gasteiger partial charge on any atom is -0.392 e. The molecule has 0 saturated carbocycles. The zero-order valence-corrected chi connectivity index (χ0v) is 7.46. The lowest BCUT2D eigenvalue weighted by Crippen LogP contribution is -2.40. The van der Waals surface area contributed by atoms with Crippen LogP contribution < -0.4 is 10.6 Å². The molecular weight excluding hydrogens is 160 g/mol. The standard InChI is InChI=1S/C7H16N2O3/c1-6(10)5-9-7(11)8-3-4-12-2/h6,10H,3-5H2,1-2H3,(H2,8,9,11). The molecule has 0 radical (unpaired) electrons. The first-order valence-corrected chi connectivity index (χ1v) is 3.85. The summed E-state index contributed by atoms with van der Waals surface area (Å²) in [7, 11) is 1.56. The average molecular weight is 176 g/mol. The maximum absolute atomic E-state index is 10.8. The Kier molecular flexibility index (Phi) is 6.41. The molecule has 0 spiro atoms. The molecule has 0 bridgehead atoms. The van der Waals surface area contributed by atoms with E-state index in [4.69, 9.17) is 9.84 Å². The van der Waals surface area contributed by atoms with Gasteiger partial charge in [-0.05, 0) is 6.92 Å². The maximum atomic E-state index is 10.8. The molecule has 2 amide bonds. The Morgan fingerprint density at radius 2 is 2.25 bits per heavy atom. The van der Waals surface area contributed by atoms with E-state index < -0.39 is 6.10 Å². The number of rotatable bonds is 5. The number of carbonyl (C=O) groups is 1. The van der Waals surface area contributed by atoms with Crippen molar-refractivity contribution in [3.8, 4) is 0 Å². The smallest absolute Gasteiger partial charge is 0.314 e. The molecule has 0 aromatic heterocycles. The van der Waals surface area contributed by atoms with Gasteiger partial charge in [0.25, 0.3) is 0 Å². The molecule has 72 valence electrons. The van der Waals surface area contributed by atoms with Crippen molar-refractivity contribution in [1.82, 2.24) is 10.6 Å². The van der Waals surface area contributed by atoms with E-state index in [1.54, 1.807) is 14.0 Å². The molecular formula is C7H16N2O3. The highest BCUT2D eigenvalue weighted by Gasteiger charge is 1.99. The number of carbonyl (C=O) groups excluding carboxylic acids is 1. The number of hydrogen-bond donors (Lipinski definition) is 3. The van der Waals surface area contributed by atoms with Crippen molar-refractivity contribution in [3.05, 3.63) is 0 Å². The fourth-order valence-corrected chi connectivity index (χ4v) is 0.570. The second kappa shape index (κ2) is 6.87. The second-order valence-electron chi connectivity index (χ2n) is 2.48. The van der Waals surface area contributed by atoms with Crippen LogP contribution in [0.2, 0.25) is 0 Å². The molecule has 5 heteroatoms. The van der Waals surface area contributed by atoms with Crippen LogP contribution in [0.1, 0.15) is 6.92 Å². The van der Waals surface area contributed by atoms with Crippen LogP contribution >= 0.6 is 0 Å². The highest BCUT2D eigenvalue weighted by molar-refractivity contribution is 5.73. The number of methoxy groups -OCH3 is 1. The zero-order chi connectivity index (χ0) is 9.40. The van der Waals surface area contributed by atoms with Gasteiger partial charge in [-0.25, -0.2) is 4.79 Å². The topological polar surface area (TPSA) is 70.6 Å². The molecule has 0 aliphatic rings. The van der Waals surface area contributed by atoms with Gasteiger partial charge in [0.15, 0.2) is 0 Å². The molecule has 1 atom stereocenters. The number of urea groups is 1. The average Bonchev–Trinajstić information content (AvgIpc) is 2.01. The highest BCUT2D eigenvalue weighted by Crippen LogP contribution is 1.74. The molecule has 0 aromatic carbocycles. The monoisotopic (exact) mass is 176 g/mol. The summed E-state index contributed by atoms with van der Waals surface area (Å²) < 4.78 is 4.73. The third-order valence-electron chi connectivity index (χ3n) is 1.15. The molecule has 0 heterocycles. The number of amides is 2. The van der Waals surface area contributed by atoms with Gasteiger partial charge in [0.2, 0.25) is 0 Å². The SMILES string of the molecule is COCCNC(=O)NCC(C)O. The fraction of sp³-hybridized carbons (Fsp3) is 0.857. The van der Waals surface area contributed by atoms with E-state index in [9.17, 15) is 4.79 Å². The van der Waals surface area contributed by atoms with Crippen LogP contribution in [0.3, 0.4) is 0 Å². The van der Waals surface area contributed by atoms with E-state index in [0.717, 1.165) is 0 Å².